The van der Waals surface area contributed by atoms with Gasteiger partial charge in [-0.2, -0.15) is 0 Å². The first-order valence-corrected chi connectivity index (χ1v) is 11.2. The van der Waals surface area contributed by atoms with E-state index >= 15 is 0 Å². The van der Waals surface area contributed by atoms with Crippen molar-refractivity contribution < 1.29 is 28.6 Å². The Balaban J connectivity index is 1.93. The number of rotatable bonds is 12. The zero-order valence-corrected chi connectivity index (χ0v) is 19.7. The van der Waals surface area contributed by atoms with Gasteiger partial charge >= 0.3 is 5.97 Å². The standard InChI is InChI=1S/C25H32N2O6/c1-5-15-32-21-14-11-19(16-22(21)31-8-4)25(30)33-17-23(28)26-20-12-9-18(10-13-20)24(29)27(6-2)7-3/h9-14,16H,5-8,15,17H2,1-4H3,(H,26,28). The lowest BCUT2D eigenvalue weighted by Crippen LogP contribution is -2.30. The molecule has 0 aliphatic heterocycles. The number of benzene rings is 2. The van der Waals surface area contributed by atoms with Crippen molar-refractivity contribution in [3.05, 3.63) is 53.6 Å². The zero-order valence-electron chi connectivity index (χ0n) is 19.7. The summed E-state index contributed by atoms with van der Waals surface area (Å²) in [5.74, 6) is -0.197. The predicted molar refractivity (Wildman–Crippen MR) is 126 cm³/mol. The molecule has 0 aliphatic rings. The van der Waals surface area contributed by atoms with E-state index in [1.807, 2.05) is 27.7 Å². The van der Waals surface area contributed by atoms with E-state index in [1.165, 1.54) is 0 Å². The molecule has 0 radical (unpaired) electrons. The Bertz CT molecular complexity index is 938. The molecule has 0 unspecified atom stereocenters. The van der Waals surface area contributed by atoms with E-state index in [0.29, 0.717) is 49.1 Å². The van der Waals surface area contributed by atoms with E-state index < -0.39 is 18.5 Å². The molecule has 2 aromatic rings. The van der Waals surface area contributed by atoms with Gasteiger partial charge in [0.15, 0.2) is 18.1 Å². The Hall–Kier alpha value is -3.55. The van der Waals surface area contributed by atoms with Crippen LogP contribution in [0.3, 0.4) is 0 Å². The summed E-state index contributed by atoms with van der Waals surface area (Å²) in [6, 6.07) is 11.3. The maximum Gasteiger partial charge on any atom is 0.338 e. The van der Waals surface area contributed by atoms with E-state index in [2.05, 4.69) is 5.32 Å². The summed E-state index contributed by atoms with van der Waals surface area (Å²) in [4.78, 5) is 38.7. The highest BCUT2D eigenvalue weighted by Crippen LogP contribution is 2.29. The van der Waals surface area contributed by atoms with Gasteiger partial charge in [0.1, 0.15) is 0 Å². The molecule has 0 bridgehead atoms. The molecule has 2 rings (SSSR count). The fourth-order valence-electron chi connectivity index (χ4n) is 3.04. The van der Waals surface area contributed by atoms with E-state index in [0.717, 1.165) is 6.42 Å². The van der Waals surface area contributed by atoms with Gasteiger partial charge in [-0.25, -0.2) is 4.79 Å². The summed E-state index contributed by atoms with van der Waals surface area (Å²) in [5, 5.41) is 2.65. The number of hydrogen-bond donors (Lipinski definition) is 1. The quantitative estimate of drug-likeness (QED) is 0.482. The molecular formula is C25H32N2O6. The molecule has 8 heteroatoms. The second-order valence-corrected chi connectivity index (χ2v) is 7.12. The van der Waals surface area contributed by atoms with E-state index in [9.17, 15) is 14.4 Å². The van der Waals surface area contributed by atoms with Gasteiger partial charge in [-0.1, -0.05) is 6.92 Å². The third kappa shape index (κ3) is 7.52. The summed E-state index contributed by atoms with van der Waals surface area (Å²) in [5.41, 5.74) is 1.30. The van der Waals surface area contributed by atoms with Gasteiger partial charge in [-0.05, 0) is 69.7 Å². The van der Waals surface area contributed by atoms with E-state index in [4.69, 9.17) is 14.2 Å². The van der Waals surface area contributed by atoms with Gasteiger partial charge in [0.05, 0.1) is 18.8 Å². The molecule has 0 atom stereocenters. The lowest BCUT2D eigenvalue weighted by Gasteiger charge is -2.18. The second-order valence-electron chi connectivity index (χ2n) is 7.12. The van der Waals surface area contributed by atoms with Crippen LogP contribution in [0.25, 0.3) is 0 Å². The van der Waals surface area contributed by atoms with Crippen LogP contribution in [-0.4, -0.2) is 55.6 Å². The number of ether oxygens (including phenoxy) is 3. The van der Waals surface area contributed by atoms with Crippen LogP contribution in [0.15, 0.2) is 42.5 Å². The smallest absolute Gasteiger partial charge is 0.338 e. The number of esters is 1. The molecule has 0 aromatic heterocycles. The molecule has 0 fully saturated rings. The Kier molecular flexibility index (Phi) is 10.2. The van der Waals surface area contributed by atoms with E-state index in [-0.39, 0.29) is 11.5 Å². The largest absolute Gasteiger partial charge is 0.490 e. The van der Waals surface area contributed by atoms with Gasteiger partial charge in [0.2, 0.25) is 0 Å². The lowest BCUT2D eigenvalue weighted by molar-refractivity contribution is -0.119. The highest BCUT2D eigenvalue weighted by molar-refractivity contribution is 5.97. The average molecular weight is 457 g/mol. The van der Waals surface area contributed by atoms with Gasteiger partial charge < -0.3 is 24.4 Å². The molecule has 0 spiro atoms. The lowest BCUT2D eigenvalue weighted by atomic mass is 10.1. The normalized spacial score (nSPS) is 10.3. The van der Waals surface area contributed by atoms with Crippen LogP contribution < -0.4 is 14.8 Å². The first-order valence-electron chi connectivity index (χ1n) is 11.2. The number of hydrogen-bond acceptors (Lipinski definition) is 6. The summed E-state index contributed by atoms with van der Waals surface area (Å²) in [6.45, 7) is 9.43. The number of nitrogens with zero attached hydrogens (tertiary/aromatic N) is 1. The van der Waals surface area contributed by atoms with Crippen LogP contribution in [0.4, 0.5) is 5.69 Å². The van der Waals surface area contributed by atoms with Gasteiger partial charge in [0, 0.05) is 24.3 Å². The highest BCUT2D eigenvalue weighted by atomic mass is 16.5. The van der Waals surface area contributed by atoms with Crippen LogP contribution in [0.5, 0.6) is 11.5 Å². The molecule has 33 heavy (non-hydrogen) atoms. The fourth-order valence-corrected chi connectivity index (χ4v) is 3.04. The van der Waals surface area contributed by atoms with Gasteiger partial charge in [-0.3, -0.25) is 9.59 Å². The summed E-state index contributed by atoms with van der Waals surface area (Å²) in [7, 11) is 0. The van der Waals surface area contributed by atoms with E-state index in [1.54, 1.807) is 47.4 Å². The van der Waals surface area contributed by atoms with Crippen molar-refractivity contribution in [1.82, 2.24) is 4.90 Å². The van der Waals surface area contributed by atoms with Crippen LogP contribution in [0.1, 0.15) is 54.8 Å². The Labute approximate surface area is 194 Å². The molecule has 2 amide bonds. The van der Waals surface area contributed by atoms with Gasteiger partial charge in [0.25, 0.3) is 11.8 Å². The van der Waals surface area contributed by atoms with Crippen molar-refractivity contribution in [3.63, 3.8) is 0 Å². The number of anilines is 1. The summed E-state index contributed by atoms with van der Waals surface area (Å²) >= 11 is 0. The fraction of sp³-hybridized carbons (Fsp3) is 0.400. The van der Waals surface area contributed by atoms with Crippen molar-refractivity contribution >= 4 is 23.5 Å². The second kappa shape index (κ2) is 13.1. The molecular weight excluding hydrogens is 424 g/mol. The maximum atomic E-state index is 12.4. The molecule has 0 saturated carbocycles. The van der Waals surface area contributed by atoms with Crippen LogP contribution >= 0.6 is 0 Å². The van der Waals surface area contributed by atoms with Crippen LogP contribution in [-0.2, 0) is 9.53 Å². The van der Waals surface area contributed by atoms with Crippen molar-refractivity contribution in [1.29, 1.82) is 0 Å². The monoisotopic (exact) mass is 456 g/mol. The first-order chi connectivity index (χ1) is 15.9. The summed E-state index contributed by atoms with van der Waals surface area (Å²) < 4.78 is 16.3. The average Bonchev–Trinajstić information content (AvgIpc) is 2.83. The number of carbonyl (C=O) groups is 3. The third-order valence-electron chi connectivity index (χ3n) is 4.74. The minimum absolute atomic E-state index is 0.0654. The molecule has 0 aliphatic carbocycles. The van der Waals surface area contributed by atoms with Crippen molar-refractivity contribution in [2.45, 2.75) is 34.1 Å². The highest BCUT2D eigenvalue weighted by Gasteiger charge is 2.15. The van der Waals surface area contributed by atoms with Gasteiger partial charge in [-0.15, -0.1) is 0 Å². The Morgan fingerprint density at radius 1 is 0.848 bits per heavy atom. The topological polar surface area (TPSA) is 94.2 Å². The Morgan fingerprint density at radius 2 is 1.52 bits per heavy atom. The number of nitrogens with one attached hydrogen (secondary N) is 1. The minimum Gasteiger partial charge on any atom is -0.490 e. The Morgan fingerprint density at radius 3 is 2.12 bits per heavy atom. The third-order valence-corrected chi connectivity index (χ3v) is 4.74. The number of amides is 2. The first kappa shape index (κ1) is 25.7. The molecule has 8 nitrogen and oxygen atoms in total. The van der Waals surface area contributed by atoms with Crippen LogP contribution in [0.2, 0.25) is 0 Å². The molecule has 2 aromatic carbocycles. The SMILES string of the molecule is CCCOc1ccc(C(=O)OCC(=O)Nc2ccc(C(=O)N(CC)CC)cc2)cc1OCC. The maximum absolute atomic E-state index is 12.4. The molecule has 0 heterocycles. The summed E-state index contributed by atoms with van der Waals surface area (Å²) in [6.07, 6.45) is 0.847. The predicted octanol–water partition coefficient (Wildman–Crippen LogP) is 4.15. The number of carbonyl (C=O) groups excluding carboxylic acids is 3. The molecule has 0 saturated heterocycles. The minimum atomic E-state index is -0.645. The molecule has 1 N–H and O–H groups in total. The van der Waals surface area contributed by atoms with Crippen molar-refractivity contribution in [3.8, 4) is 11.5 Å². The van der Waals surface area contributed by atoms with Crippen LogP contribution in [0, 0.1) is 0 Å². The van der Waals surface area contributed by atoms with Crippen molar-refractivity contribution in [2.24, 2.45) is 0 Å². The molecule has 178 valence electrons. The zero-order chi connectivity index (χ0) is 24.2. The van der Waals surface area contributed by atoms with Crippen molar-refractivity contribution in [2.75, 3.05) is 38.2 Å².